The predicted molar refractivity (Wildman–Crippen MR) is 181 cm³/mol. The predicted octanol–water partition coefficient (Wildman–Crippen LogP) is 4.94. The van der Waals surface area contributed by atoms with Gasteiger partial charge in [-0.25, -0.2) is 41.0 Å². The second-order valence-electron chi connectivity index (χ2n) is 13.0. The van der Waals surface area contributed by atoms with Crippen molar-refractivity contribution in [2.45, 2.75) is 52.1 Å². The maximum atomic E-state index is 15.9. The number of alkyl carbamates (subject to hydrolysis) is 1. The number of alkyl halides is 2. The summed E-state index contributed by atoms with van der Waals surface area (Å²) in [5, 5.41) is 10.2. The number of halogens is 4. The summed E-state index contributed by atoms with van der Waals surface area (Å²) in [6, 6.07) is 7.15. The normalized spacial score (nSPS) is 17.2. The largest absolute Gasteiger partial charge is 0.447 e. The summed E-state index contributed by atoms with van der Waals surface area (Å²) < 4.78 is 74.4. The molecule has 0 radical (unpaired) electrons. The Bertz CT molecular complexity index is 2120. The number of amides is 2. The van der Waals surface area contributed by atoms with E-state index in [1.165, 1.54) is 42.7 Å². The second kappa shape index (κ2) is 14.0. The van der Waals surface area contributed by atoms with Gasteiger partial charge in [0.25, 0.3) is 22.4 Å². The summed E-state index contributed by atoms with van der Waals surface area (Å²) in [5.74, 6) is -2.42. The zero-order valence-corrected chi connectivity index (χ0v) is 29.7. The third kappa shape index (κ3) is 7.56. The van der Waals surface area contributed by atoms with Crippen LogP contribution >= 0.6 is 11.6 Å². The molecule has 0 aliphatic carbocycles. The molecule has 0 spiro atoms. The van der Waals surface area contributed by atoms with Gasteiger partial charge < -0.3 is 15.8 Å². The second-order valence-corrected chi connectivity index (χ2v) is 15.2. The first kappa shape index (κ1) is 37.3. The number of carbonyl (C=O) groups is 2. The minimum absolute atomic E-state index is 0.00458. The van der Waals surface area contributed by atoms with E-state index in [0.29, 0.717) is 4.09 Å². The highest BCUT2D eigenvalue weighted by Crippen LogP contribution is 2.46. The molecule has 0 unspecified atom stereocenters. The Kier molecular flexibility index (Phi) is 10.2. The molecule has 2 atom stereocenters. The Balaban J connectivity index is 1.62. The number of aromatic nitrogens is 5. The monoisotopic (exact) mass is 749 g/mol. The number of aliphatic imine (C=N–C) groups is 1. The fraction of sp³-hybridized carbons (Fsp3) is 0.375. The molecule has 14 nitrogen and oxygen atoms in total. The number of carbonyl (C=O) groups excluding carboxylic acids is 2. The maximum absolute atomic E-state index is 15.9. The molecule has 51 heavy (non-hydrogen) atoms. The average molecular weight is 750 g/mol. The molecule has 3 N–H and O–H groups in total. The van der Waals surface area contributed by atoms with Crippen molar-refractivity contribution in [3.63, 3.8) is 0 Å². The van der Waals surface area contributed by atoms with E-state index in [2.05, 4.69) is 25.5 Å². The van der Waals surface area contributed by atoms with Crippen LogP contribution in [0.4, 0.5) is 18.0 Å². The van der Waals surface area contributed by atoms with Gasteiger partial charge in [0.2, 0.25) is 0 Å². The van der Waals surface area contributed by atoms with Gasteiger partial charge >= 0.3 is 6.09 Å². The molecular weight excluding hydrogens is 715 g/mol. The Morgan fingerprint density at radius 2 is 1.88 bits per heavy atom. The molecule has 272 valence electrons. The van der Waals surface area contributed by atoms with Crippen molar-refractivity contribution < 1.29 is 35.9 Å². The summed E-state index contributed by atoms with van der Waals surface area (Å²) in [6.45, 7) is 7.05. The fourth-order valence-corrected chi connectivity index (χ4v) is 6.58. The number of guanidine groups is 1. The Morgan fingerprint density at radius 1 is 1.16 bits per heavy atom. The van der Waals surface area contributed by atoms with Crippen LogP contribution in [0.1, 0.15) is 63.5 Å². The van der Waals surface area contributed by atoms with Crippen LogP contribution < -0.4 is 11.1 Å². The van der Waals surface area contributed by atoms with E-state index in [4.69, 9.17) is 22.1 Å². The van der Waals surface area contributed by atoms with Crippen molar-refractivity contribution >= 4 is 39.6 Å². The molecular formula is C32H35ClF3N9O5S. The van der Waals surface area contributed by atoms with Gasteiger partial charge in [-0.1, -0.05) is 50.6 Å². The van der Waals surface area contributed by atoms with E-state index in [-0.39, 0.29) is 51.9 Å². The molecule has 2 aromatic carbocycles. The van der Waals surface area contributed by atoms with Crippen LogP contribution in [0, 0.1) is 11.2 Å². The van der Waals surface area contributed by atoms with Gasteiger partial charge in [0.1, 0.15) is 18.8 Å². The van der Waals surface area contributed by atoms with E-state index in [1.54, 1.807) is 6.92 Å². The number of rotatable bonds is 11. The molecule has 0 saturated heterocycles. The number of nitrogens with one attached hydrogen (secondary N) is 1. The standard InChI is InChI=1S/C32H35ClF3N9O5S/c1-6-38-30(47)50-15-25(18-7-10-22(33)24(11-18)45-27(26(35)36)39-17-41-45)44-28(46)32(42-29(44)37,16-31(2,3)4)20-8-9-21(23(34)12-20)19-13-40-43(14-19)51(5,48)49/h7-14,17,25-26H,6,15-16H2,1-5H3,(H2,37,42)(H,38,47)/t25-,32-/m1/s1. The Labute approximate surface area is 296 Å². The minimum Gasteiger partial charge on any atom is -0.447 e. The molecule has 4 aromatic rings. The zero-order chi connectivity index (χ0) is 37.5. The van der Waals surface area contributed by atoms with Gasteiger partial charge in [-0.05, 0) is 48.1 Å². The first-order valence-corrected chi connectivity index (χ1v) is 17.7. The molecule has 5 rings (SSSR count). The SMILES string of the molecule is CCNC(=O)OC[C@H](c1ccc(Cl)c(-n2ncnc2C(F)F)c1)N1C(=O)[C@@](CC(C)(C)C)(c2ccc(-c3cnn(S(C)(=O)=O)c3)c(F)c2)N=C1N. The van der Waals surface area contributed by atoms with Crippen LogP contribution in [-0.4, -0.2) is 74.6 Å². The van der Waals surface area contributed by atoms with Crippen LogP contribution in [-0.2, 0) is 25.1 Å². The first-order chi connectivity index (χ1) is 23.9. The van der Waals surface area contributed by atoms with Crippen LogP contribution in [0.2, 0.25) is 5.02 Å². The summed E-state index contributed by atoms with van der Waals surface area (Å²) in [7, 11) is -3.73. The van der Waals surface area contributed by atoms with E-state index in [9.17, 15) is 26.8 Å². The highest BCUT2D eigenvalue weighted by molar-refractivity contribution is 7.89. The molecule has 2 aromatic heterocycles. The third-order valence-corrected chi connectivity index (χ3v) is 9.13. The topological polar surface area (TPSA) is 180 Å². The number of ether oxygens (including phenoxy) is 1. The molecule has 2 amide bonds. The third-order valence-electron chi connectivity index (χ3n) is 7.93. The summed E-state index contributed by atoms with van der Waals surface area (Å²) >= 11 is 6.42. The van der Waals surface area contributed by atoms with Crippen molar-refractivity contribution in [1.29, 1.82) is 0 Å². The summed E-state index contributed by atoms with van der Waals surface area (Å²) in [5.41, 5.74) is 4.78. The van der Waals surface area contributed by atoms with Crippen LogP contribution in [0.15, 0.2) is 60.1 Å². The fourth-order valence-electron chi connectivity index (χ4n) is 5.86. The van der Waals surface area contributed by atoms with E-state index >= 15 is 4.39 Å². The van der Waals surface area contributed by atoms with Crippen LogP contribution in [0.25, 0.3) is 16.8 Å². The van der Waals surface area contributed by atoms with Gasteiger partial charge in [-0.2, -0.15) is 14.3 Å². The zero-order valence-electron chi connectivity index (χ0n) is 28.1. The molecule has 0 bridgehead atoms. The van der Waals surface area contributed by atoms with E-state index < -0.39 is 63.7 Å². The van der Waals surface area contributed by atoms with Gasteiger partial charge in [-0.3, -0.25) is 9.69 Å². The van der Waals surface area contributed by atoms with Gasteiger partial charge in [0.15, 0.2) is 17.3 Å². The summed E-state index contributed by atoms with van der Waals surface area (Å²) in [4.78, 5) is 36.7. The van der Waals surface area contributed by atoms with Crippen molar-refractivity contribution in [2.75, 3.05) is 19.4 Å². The number of hydrogen-bond acceptors (Lipinski definition) is 10. The number of nitrogens with zero attached hydrogens (tertiary/aromatic N) is 7. The molecule has 0 fully saturated rings. The maximum Gasteiger partial charge on any atom is 0.407 e. The highest BCUT2D eigenvalue weighted by Gasteiger charge is 2.53. The highest BCUT2D eigenvalue weighted by atomic mass is 35.5. The van der Waals surface area contributed by atoms with Crippen molar-refractivity contribution in [3.05, 3.63) is 82.9 Å². The average Bonchev–Trinajstić information content (AvgIpc) is 3.77. The molecule has 0 saturated carbocycles. The van der Waals surface area contributed by atoms with Crippen molar-refractivity contribution in [1.82, 2.24) is 34.2 Å². The lowest BCUT2D eigenvalue weighted by Gasteiger charge is -2.35. The minimum atomic E-state index is -3.73. The number of nitrogens with two attached hydrogens (primary N) is 1. The first-order valence-electron chi connectivity index (χ1n) is 15.5. The van der Waals surface area contributed by atoms with Gasteiger partial charge in [0, 0.05) is 17.7 Å². The Morgan fingerprint density at radius 3 is 2.49 bits per heavy atom. The molecule has 1 aliphatic rings. The van der Waals surface area contributed by atoms with E-state index in [0.717, 1.165) is 28.2 Å². The number of hydrogen-bond donors (Lipinski definition) is 2. The van der Waals surface area contributed by atoms with Gasteiger partial charge in [0.05, 0.1) is 35.4 Å². The lowest BCUT2D eigenvalue weighted by Crippen LogP contribution is -2.47. The van der Waals surface area contributed by atoms with Crippen LogP contribution in [0.5, 0.6) is 0 Å². The Hall–Kier alpha value is -4.97. The lowest BCUT2D eigenvalue weighted by molar-refractivity contribution is -0.135. The van der Waals surface area contributed by atoms with Crippen molar-refractivity contribution in [2.24, 2.45) is 16.1 Å². The molecule has 1 aliphatic heterocycles. The summed E-state index contributed by atoms with van der Waals surface area (Å²) in [6.07, 6.45) is 0.520. The van der Waals surface area contributed by atoms with Crippen molar-refractivity contribution in [3.8, 4) is 16.8 Å². The number of benzene rings is 2. The van der Waals surface area contributed by atoms with Gasteiger partial charge in [-0.15, -0.1) is 0 Å². The molecule has 3 heterocycles. The smallest absolute Gasteiger partial charge is 0.407 e. The lowest BCUT2D eigenvalue weighted by atomic mass is 9.75. The quantitative estimate of drug-likeness (QED) is 0.215. The molecule has 19 heteroatoms. The van der Waals surface area contributed by atoms with E-state index in [1.807, 2.05) is 20.8 Å². The van der Waals surface area contributed by atoms with Crippen LogP contribution in [0.3, 0.4) is 0 Å².